The Morgan fingerprint density at radius 1 is 1.14 bits per heavy atom. The van der Waals surface area contributed by atoms with Crippen LogP contribution in [0.3, 0.4) is 0 Å². The van der Waals surface area contributed by atoms with E-state index < -0.39 is 0 Å². The number of amides is 1. The minimum atomic E-state index is 0.103. The summed E-state index contributed by atoms with van der Waals surface area (Å²) in [6.45, 7) is 2.17. The molecule has 0 aliphatic heterocycles. The first-order chi connectivity index (χ1) is 10.7. The van der Waals surface area contributed by atoms with Gasteiger partial charge in [-0.1, -0.05) is 42.5 Å². The number of fused-ring (bicyclic) bond motifs is 1. The molecule has 2 N–H and O–H groups in total. The molecule has 2 rings (SSSR count). The minimum absolute atomic E-state index is 0.103. The van der Waals surface area contributed by atoms with Crippen LogP contribution >= 0.6 is 0 Å². The number of aryl methyl sites for hydroxylation is 1. The smallest absolute Gasteiger partial charge is 0.220 e. The van der Waals surface area contributed by atoms with Gasteiger partial charge in [0.05, 0.1) is 0 Å². The third-order valence-electron chi connectivity index (χ3n) is 3.89. The predicted molar refractivity (Wildman–Crippen MR) is 90.8 cm³/mol. The maximum atomic E-state index is 11.8. The first kappa shape index (κ1) is 16.5. The Morgan fingerprint density at radius 2 is 1.91 bits per heavy atom. The highest BCUT2D eigenvalue weighted by Gasteiger charge is 2.07. The van der Waals surface area contributed by atoms with Crippen molar-refractivity contribution in [2.24, 2.45) is 0 Å². The van der Waals surface area contributed by atoms with Crippen molar-refractivity contribution in [2.75, 3.05) is 6.61 Å². The second kappa shape index (κ2) is 8.54. The summed E-state index contributed by atoms with van der Waals surface area (Å²) in [5.41, 5.74) is 1.28. The summed E-state index contributed by atoms with van der Waals surface area (Å²) in [5, 5.41) is 14.3. The quantitative estimate of drug-likeness (QED) is 0.784. The lowest BCUT2D eigenvalue weighted by Gasteiger charge is -2.13. The van der Waals surface area contributed by atoms with Crippen molar-refractivity contribution in [3.8, 4) is 0 Å². The lowest BCUT2D eigenvalue weighted by molar-refractivity contribution is -0.121. The Morgan fingerprint density at radius 3 is 2.68 bits per heavy atom. The number of rotatable bonds is 8. The number of hydrogen-bond donors (Lipinski definition) is 2. The molecule has 0 aromatic heterocycles. The molecule has 22 heavy (non-hydrogen) atoms. The lowest BCUT2D eigenvalue weighted by Crippen LogP contribution is -2.32. The highest BCUT2D eigenvalue weighted by Crippen LogP contribution is 2.17. The van der Waals surface area contributed by atoms with Crippen molar-refractivity contribution in [3.05, 3.63) is 48.0 Å². The van der Waals surface area contributed by atoms with Crippen LogP contribution in [0.5, 0.6) is 0 Å². The maximum Gasteiger partial charge on any atom is 0.220 e. The topological polar surface area (TPSA) is 49.3 Å². The molecule has 0 spiro atoms. The molecule has 0 heterocycles. The first-order valence-electron chi connectivity index (χ1n) is 8.07. The van der Waals surface area contributed by atoms with Gasteiger partial charge in [-0.2, -0.15) is 0 Å². The molecule has 3 nitrogen and oxygen atoms in total. The highest BCUT2D eigenvalue weighted by molar-refractivity contribution is 5.83. The molecule has 1 unspecified atom stereocenters. The van der Waals surface area contributed by atoms with E-state index in [1.807, 2.05) is 19.1 Å². The summed E-state index contributed by atoms with van der Waals surface area (Å²) < 4.78 is 0. The Kier molecular flexibility index (Phi) is 6.41. The van der Waals surface area contributed by atoms with Crippen LogP contribution in [0.1, 0.15) is 38.2 Å². The van der Waals surface area contributed by atoms with Crippen molar-refractivity contribution in [2.45, 2.75) is 45.1 Å². The van der Waals surface area contributed by atoms with Crippen LogP contribution in [0.25, 0.3) is 10.8 Å². The van der Waals surface area contributed by atoms with Crippen LogP contribution in [0.2, 0.25) is 0 Å². The van der Waals surface area contributed by atoms with Gasteiger partial charge in [0.25, 0.3) is 0 Å². The highest BCUT2D eigenvalue weighted by atomic mass is 16.2. The molecular weight excluding hydrogens is 274 g/mol. The van der Waals surface area contributed by atoms with E-state index in [0.29, 0.717) is 6.42 Å². The minimum Gasteiger partial charge on any atom is -0.396 e. The van der Waals surface area contributed by atoms with Crippen LogP contribution in [0.4, 0.5) is 0 Å². The fraction of sp³-hybridized carbons (Fsp3) is 0.421. The fourth-order valence-corrected chi connectivity index (χ4v) is 2.66. The van der Waals surface area contributed by atoms with Gasteiger partial charge in [-0.3, -0.25) is 4.79 Å². The molecule has 1 amide bonds. The molecule has 0 aliphatic carbocycles. The maximum absolute atomic E-state index is 11.8. The molecule has 118 valence electrons. The van der Waals surface area contributed by atoms with E-state index in [-0.39, 0.29) is 18.6 Å². The van der Waals surface area contributed by atoms with Crippen LogP contribution < -0.4 is 5.32 Å². The normalized spacial score (nSPS) is 12.3. The van der Waals surface area contributed by atoms with E-state index in [0.717, 1.165) is 25.7 Å². The van der Waals surface area contributed by atoms with Crippen molar-refractivity contribution in [1.82, 2.24) is 5.32 Å². The number of hydrogen-bond acceptors (Lipinski definition) is 2. The molecule has 0 radical (unpaired) electrons. The van der Waals surface area contributed by atoms with E-state index in [9.17, 15) is 4.79 Å². The van der Waals surface area contributed by atoms with Gasteiger partial charge in [-0.15, -0.1) is 0 Å². The van der Waals surface area contributed by atoms with E-state index in [1.165, 1.54) is 16.3 Å². The number of nitrogens with one attached hydrogen (secondary N) is 1. The standard InChI is InChI=1S/C19H25NO2/c1-15(6-5-13-21)20-19(22)10-4-7-16-11-12-17-8-2-3-9-18(17)14-16/h2-3,8-9,11-12,14-15,21H,4-7,10,13H2,1H3,(H,20,22). The largest absolute Gasteiger partial charge is 0.396 e. The monoisotopic (exact) mass is 299 g/mol. The number of carbonyl (C=O) groups is 1. The second-order valence-electron chi connectivity index (χ2n) is 5.87. The molecule has 3 heteroatoms. The molecule has 0 saturated carbocycles. The molecule has 2 aromatic carbocycles. The molecule has 0 bridgehead atoms. The zero-order chi connectivity index (χ0) is 15.8. The zero-order valence-corrected chi connectivity index (χ0v) is 13.2. The van der Waals surface area contributed by atoms with Gasteiger partial charge in [-0.05, 0) is 48.9 Å². The van der Waals surface area contributed by atoms with Gasteiger partial charge in [0.2, 0.25) is 5.91 Å². The van der Waals surface area contributed by atoms with Crippen molar-refractivity contribution >= 4 is 16.7 Å². The molecular formula is C19H25NO2. The predicted octanol–water partition coefficient (Wildman–Crippen LogP) is 3.44. The van der Waals surface area contributed by atoms with Gasteiger partial charge < -0.3 is 10.4 Å². The van der Waals surface area contributed by atoms with Gasteiger partial charge in [0.1, 0.15) is 0 Å². The average Bonchev–Trinajstić information content (AvgIpc) is 2.52. The van der Waals surface area contributed by atoms with Crippen molar-refractivity contribution in [1.29, 1.82) is 0 Å². The van der Waals surface area contributed by atoms with E-state index >= 15 is 0 Å². The van der Waals surface area contributed by atoms with Crippen LogP contribution in [-0.4, -0.2) is 23.7 Å². The molecule has 1 atom stereocenters. The van der Waals surface area contributed by atoms with Crippen LogP contribution in [-0.2, 0) is 11.2 Å². The van der Waals surface area contributed by atoms with Gasteiger partial charge in [0, 0.05) is 19.1 Å². The Balaban J connectivity index is 1.76. The number of carbonyl (C=O) groups excluding carboxylic acids is 1. The van der Waals surface area contributed by atoms with Crippen molar-refractivity contribution < 1.29 is 9.90 Å². The van der Waals surface area contributed by atoms with E-state index in [1.54, 1.807) is 0 Å². The summed E-state index contributed by atoms with van der Waals surface area (Å²) in [5.74, 6) is 0.103. The zero-order valence-electron chi connectivity index (χ0n) is 13.2. The Hall–Kier alpha value is -1.87. The van der Waals surface area contributed by atoms with E-state index in [2.05, 4.69) is 35.6 Å². The summed E-state index contributed by atoms with van der Waals surface area (Å²) in [6.07, 6.45) is 3.89. The first-order valence-corrected chi connectivity index (χ1v) is 8.07. The summed E-state index contributed by atoms with van der Waals surface area (Å²) in [4.78, 5) is 11.8. The van der Waals surface area contributed by atoms with Gasteiger partial charge >= 0.3 is 0 Å². The lowest BCUT2D eigenvalue weighted by atomic mass is 10.0. The SMILES string of the molecule is CC(CCCO)NC(=O)CCCc1ccc2ccccc2c1. The van der Waals surface area contributed by atoms with Gasteiger partial charge in [-0.25, -0.2) is 0 Å². The summed E-state index contributed by atoms with van der Waals surface area (Å²) in [6, 6.07) is 15.0. The van der Waals surface area contributed by atoms with Crippen LogP contribution in [0, 0.1) is 0 Å². The Labute approximate surface area is 132 Å². The number of benzene rings is 2. The van der Waals surface area contributed by atoms with Crippen LogP contribution in [0.15, 0.2) is 42.5 Å². The third kappa shape index (κ3) is 5.15. The summed E-state index contributed by atoms with van der Waals surface area (Å²) in [7, 11) is 0. The molecule has 0 aliphatic rings. The summed E-state index contributed by atoms with van der Waals surface area (Å²) >= 11 is 0. The van der Waals surface area contributed by atoms with Gasteiger partial charge in [0.15, 0.2) is 0 Å². The molecule has 0 saturated heterocycles. The number of aliphatic hydroxyl groups excluding tert-OH is 1. The van der Waals surface area contributed by atoms with E-state index in [4.69, 9.17) is 5.11 Å². The fourth-order valence-electron chi connectivity index (χ4n) is 2.66. The Bertz CT molecular complexity index is 609. The average molecular weight is 299 g/mol. The molecule has 0 fully saturated rings. The van der Waals surface area contributed by atoms with Crippen molar-refractivity contribution in [3.63, 3.8) is 0 Å². The number of aliphatic hydroxyl groups is 1. The second-order valence-corrected chi connectivity index (χ2v) is 5.87. The molecule has 2 aromatic rings. The third-order valence-corrected chi connectivity index (χ3v) is 3.89.